The Morgan fingerprint density at radius 3 is 2.68 bits per heavy atom. The Morgan fingerprint density at radius 1 is 1.21 bits per heavy atom. The second kappa shape index (κ2) is 4.81. The van der Waals surface area contributed by atoms with E-state index in [0.717, 1.165) is 11.3 Å². The van der Waals surface area contributed by atoms with Crippen molar-refractivity contribution in [1.82, 2.24) is 0 Å². The van der Waals surface area contributed by atoms with E-state index in [2.05, 4.69) is 0 Å². The van der Waals surface area contributed by atoms with Crippen molar-refractivity contribution >= 4 is 21.6 Å². The molecular weight excluding hydrogens is 278 g/mol. The zero-order valence-electron chi connectivity index (χ0n) is 10.3. The predicted molar refractivity (Wildman–Crippen MR) is 78.3 cm³/mol. The fourth-order valence-corrected chi connectivity index (χ4v) is 6.46. The minimum Gasteiger partial charge on any atom is -0.318 e. The molecule has 1 aliphatic heterocycles. The summed E-state index contributed by atoms with van der Waals surface area (Å²) in [5.41, 5.74) is 6.08. The van der Waals surface area contributed by atoms with E-state index in [-0.39, 0.29) is 11.3 Å². The molecule has 1 aromatic carbocycles. The van der Waals surface area contributed by atoms with E-state index in [0.29, 0.717) is 4.90 Å². The van der Waals surface area contributed by atoms with Crippen molar-refractivity contribution in [2.45, 2.75) is 21.9 Å². The van der Waals surface area contributed by atoms with Crippen molar-refractivity contribution < 1.29 is 8.42 Å². The van der Waals surface area contributed by atoms with Crippen molar-refractivity contribution in [1.29, 1.82) is 0 Å². The standard InChI is InChI=1S/C14H15NO2S2/c15-14-13(11-8-4-5-9-12(11)18-14)19(16,17)10-6-2-1-3-7-10/h1-7,9,11,13-14H,8,15H2. The number of nitrogens with two attached hydrogens (primary N) is 1. The fourth-order valence-electron chi connectivity index (χ4n) is 2.66. The van der Waals surface area contributed by atoms with Gasteiger partial charge in [-0.05, 0) is 23.5 Å². The topological polar surface area (TPSA) is 60.2 Å². The first-order chi connectivity index (χ1) is 9.10. The highest BCUT2D eigenvalue weighted by atomic mass is 32.2. The Balaban J connectivity index is 2.02. The quantitative estimate of drug-likeness (QED) is 0.909. The molecule has 3 nitrogen and oxygen atoms in total. The molecule has 2 N–H and O–H groups in total. The molecule has 1 fully saturated rings. The first-order valence-electron chi connectivity index (χ1n) is 6.18. The molecule has 3 rings (SSSR count). The van der Waals surface area contributed by atoms with Crippen LogP contribution in [0, 0.1) is 5.92 Å². The van der Waals surface area contributed by atoms with Crippen molar-refractivity contribution in [3.63, 3.8) is 0 Å². The van der Waals surface area contributed by atoms with Crippen LogP contribution in [0.3, 0.4) is 0 Å². The number of fused-ring (bicyclic) bond motifs is 1. The summed E-state index contributed by atoms with van der Waals surface area (Å²) in [6.45, 7) is 0. The minimum atomic E-state index is -3.38. The highest BCUT2D eigenvalue weighted by Crippen LogP contribution is 2.47. The van der Waals surface area contributed by atoms with Gasteiger partial charge in [0.1, 0.15) is 0 Å². The first-order valence-corrected chi connectivity index (χ1v) is 8.61. The molecule has 1 aromatic rings. The van der Waals surface area contributed by atoms with E-state index in [9.17, 15) is 8.42 Å². The van der Waals surface area contributed by atoms with Crippen LogP contribution >= 0.6 is 11.8 Å². The molecule has 3 atom stereocenters. The molecular formula is C14H15NO2S2. The summed E-state index contributed by atoms with van der Waals surface area (Å²) in [6.07, 6.45) is 6.73. The largest absolute Gasteiger partial charge is 0.318 e. The van der Waals surface area contributed by atoms with Gasteiger partial charge in [-0.25, -0.2) is 8.42 Å². The van der Waals surface area contributed by atoms with Crippen LogP contribution in [0.15, 0.2) is 58.4 Å². The Kier molecular flexibility index (Phi) is 3.28. The Morgan fingerprint density at radius 2 is 1.95 bits per heavy atom. The van der Waals surface area contributed by atoms with Gasteiger partial charge in [-0.3, -0.25) is 0 Å². The number of allylic oxidation sites excluding steroid dienone is 4. The van der Waals surface area contributed by atoms with E-state index in [1.165, 1.54) is 11.8 Å². The van der Waals surface area contributed by atoms with Crippen LogP contribution in [-0.4, -0.2) is 19.0 Å². The number of thioether (sulfide) groups is 1. The molecule has 19 heavy (non-hydrogen) atoms. The average molecular weight is 293 g/mol. The van der Waals surface area contributed by atoms with Crippen LogP contribution in [0.2, 0.25) is 0 Å². The lowest BCUT2D eigenvalue weighted by Crippen LogP contribution is -2.38. The summed E-state index contributed by atoms with van der Waals surface area (Å²) in [7, 11) is -3.38. The highest BCUT2D eigenvalue weighted by Gasteiger charge is 2.46. The Hall–Kier alpha value is -1.04. The van der Waals surface area contributed by atoms with Gasteiger partial charge in [-0.1, -0.05) is 36.4 Å². The second-order valence-electron chi connectivity index (χ2n) is 4.74. The molecule has 0 saturated carbocycles. The molecule has 5 heteroatoms. The van der Waals surface area contributed by atoms with Gasteiger partial charge in [0.25, 0.3) is 0 Å². The van der Waals surface area contributed by atoms with Crippen molar-refractivity contribution in [2.75, 3.05) is 0 Å². The summed E-state index contributed by atoms with van der Waals surface area (Å²) < 4.78 is 25.5. The monoisotopic (exact) mass is 293 g/mol. The van der Waals surface area contributed by atoms with Crippen LogP contribution in [0.5, 0.6) is 0 Å². The lowest BCUT2D eigenvalue weighted by molar-refractivity contribution is 0.535. The highest BCUT2D eigenvalue weighted by molar-refractivity contribution is 8.05. The third-order valence-electron chi connectivity index (χ3n) is 3.57. The van der Waals surface area contributed by atoms with Gasteiger partial charge in [-0.15, -0.1) is 11.8 Å². The molecule has 2 aliphatic rings. The SMILES string of the molecule is NC1SC2=CC=CCC2C1S(=O)(=O)c1ccccc1. The van der Waals surface area contributed by atoms with E-state index in [1.54, 1.807) is 24.3 Å². The molecule has 1 heterocycles. The van der Waals surface area contributed by atoms with Crippen LogP contribution in [0.25, 0.3) is 0 Å². The van der Waals surface area contributed by atoms with Crippen LogP contribution in [-0.2, 0) is 9.84 Å². The third-order valence-corrected chi connectivity index (χ3v) is 7.29. The fraction of sp³-hybridized carbons (Fsp3) is 0.286. The summed E-state index contributed by atoms with van der Waals surface area (Å²) in [5.74, 6) is 0.00945. The summed E-state index contributed by atoms with van der Waals surface area (Å²) in [6, 6.07) is 8.60. The van der Waals surface area contributed by atoms with Gasteiger partial charge in [0, 0.05) is 5.92 Å². The minimum absolute atomic E-state index is 0.00945. The Labute approximate surface area is 117 Å². The number of rotatable bonds is 2. The van der Waals surface area contributed by atoms with Gasteiger partial charge >= 0.3 is 0 Å². The van der Waals surface area contributed by atoms with Gasteiger partial charge in [0.2, 0.25) is 0 Å². The second-order valence-corrected chi connectivity index (χ2v) is 8.10. The van der Waals surface area contributed by atoms with E-state index < -0.39 is 15.1 Å². The normalized spacial score (nSPS) is 29.9. The van der Waals surface area contributed by atoms with Gasteiger partial charge in [-0.2, -0.15) is 0 Å². The molecule has 0 radical (unpaired) electrons. The van der Waals surface area contributed by atoms with Crippen LogP contribution in [0.4, 0.5) is 0 Å². The molecule has 100 valence electrons. The lowest BCUT2D eigenvalue weighted by atomic mass is 9.97. The average Bonchev–Trinajstić information content (AvgIpc) is 2.76. The molecule has 3 unspecified atom stereocenters. The molecule has 0 spiro atoms. The van der Waals surface area contributed by atoms with Crippen molar-refractivity contribution in [2.24, 2.45) is 11.7 Å². The van der Waals surface area contributed by atoms with Gasteiger partial charge < -0.3 is 5.73 Å². The third kappa shape index (κ3) is 2.16. The van der Waals surface area contributed by atoms with Gasteiger partial charge in [0.05, 0.1) is 15.5 Å². The van der Waals surface area contributed by atoms with Crippen molar-refractivity contribution in [3.05, 3.63) is 53.5 Å². The Bertz CT molecular complexity index is 635. The summed E-state index contributed by atoms with van der Waals surface area (Å²) in [4.78, 5) is 1.46. The zero-order valence-corrected chi connectivity index (χ0v) is 11.9. The van der Waals surface area contributed by atoms with E-state index in [4.69, 9.17) is 5.73 Å². The van der Waals surface area contributed by atoms with Crippen LogP contribution in [0.1, 0.15) is 6.42 Å². The van der Waals surface area contributed by atoms with E-state index in [1.807, 2.05) is 24.3 Å². The molecule has 0 bridgehead atoms. The molecule has 0 amide bonds. The number of hydrogen-bond donors (Lipinski definition) is 1. The smallest absolute Gasteiger partial charge is 0.184 e. The van der Waals surface area contributed by atoms with E-state index >= 15 is 0 Å². The number of benzene rings is 1. The summed E-state index contributed by atoms with van der Waals surface area (Å²) in [5, 5.41) is -0.919. The molecule has 0 aromatic heterocycles. The van der Waals surface area contributed by atoms with Crippen molar-refractivity contribution in [3.8, 4) is 0 Å². The first kappa shape index (κ1) is 13.0. The lowest BCUT2D eigenvalue weighted by Gasteiger charge is -2.22. The maximum atomic E-state index is 12.8. The maximum Gasteiger partial charge on any atom is 0.184 e. The molecule has 1 aliphatic carbocycles. The summed E-state index contributed by atoms with van der Waals surface area (Å²) >= 11 is 1.49. The maximum absolute atomic E-state index is 12.8. The zero-order chi connectivity index (χ0) is 13.5. The number of hydrogen-bond acceptors (Lipinski definition) is 4. The molecule has 1 saturated heterocycles. The predicted octanol–water partition coefficient (Wildman–Crippen LogP) is 2.32. The van der Waals surface area contributed by atoms with Crippen LogP contribution < -0.4 is 5.73 Å². The van der Waals surface area contributed by atoms with Gasteiger partial charge in [0.15, 0.2) is 9.84 Å². The number of sulfone groups is 1.